The molecule has 7 heteroatoms. The van der Waals surface area contributed by atoms with E-state index in [9.17, 15) is 14.4 Å². The molecule has 3 unspecified atom stereocenters. The fourth-order valence-electron chi connectivity index (χ4n) is 6.63. The van der Waals surface area contributed by atoms with Crippen molar-refractivity contribution in [1.29, 1.82) is 0 Å². The number of carbonyl (C=O) groups excluding carboxylic acids is 3. The Kier molecular flexibility index (Phi) is 7.13. The highest BCUT2D eigenvalue weighted by Crippen LogP contribution is 2.41. The number of nitrogens with zero attached hydrogens (tertiary/aromatic N) is 3. The second-order valence-electron chi connectivity index (χ2n) is 12.2. The number of nitrogens with one attached hydrogen (secondary N) is 1. The summed E-state index contributed by atoms with van der Waals surface area (Å²) >= 11 is 0. The van der Waals surface area contributed by atoms with E-state index in [4.69, 9.17) is 0 Å². The first-order valence-electron chi connectivity index (χ1n) is 13.1. The molecular weight excluding hydrogens is 440 g/mol. The van der Waals surface area contributed by atoms with Gasteiger partial charge in [-0.25, -0.2) is 4.79 Å². The van der Waals surface area contributed by atoms with Gasteiger partial charge in [-0.05, 0) is 37.7 Å². The zero-order valence-electron chi connectivity index (χ0n) is 22.2. The Hall–Kier alpha value is -2.25. The Morgan fingerprint density at radius 2 is 1.71 bits per heavy atom. The molecule has 1 spiro atoms. The van der Waals surface area contributed by atoms with Crippen LogP contribution in [0.5, 0.6) is 0 Å². The van der Waals surface area contributed by atoms with Crippen molar-refractivity contribution in [3.8, 4) is 0 Å². The van der Waals surface area contributed by atoms with Crippen molar-refractivity contribution < 1.29 is 14.4 Å². The summed E-state index contributed by atoms with van der Waals surface area (Å²) in [6.07, 6.45) is 1.65. The molecule has 3 heterocycles. The van der Waals surface area contributed by atoms with Crippen LogP contribution in [0.1, 0.15) is 65.4 Å². The molecule has 0 radical (unpaired) electrons. The van der Waals surface area contributed by atoms with Crippen molar-refractivity contribution in [2.75, 3.05) is 33.2 Å². The molecule has 3 atom stereocenters. The van der Waals surface area contributed by atoms with Crippen LogP contribution in [0.2, 0.25) is 0 Å². The largest absolute Gasteiger partial charge is 0.327 e. The minimum absolute atomic E-state index is 0.0530. The summed E-state index contributed by atoms with van der Waals surface area (Å²) < 4.78 is 0. The normalized spacial score (nSPS) is 26.3. The molecule has 0 aromatic heterocycles. The molecule has 3 fully saturated rings. The van der Waals surface area contributed by atoms with Crippen LogP contribution < -0.4 is 5.32 Å². The second kappa shape index (κ2) is 9.66. The summed E-state index contributed by atoms with van der Waals surface area (Å²) in [6, 6.07) is 10.0. The molecule has 0 aliphatic carbocycles. The summed E-state index contributed by atoms with van der Waals surface area (Å²) in [7, 11) is 1.59. The number of hydrogen-bond donors (Lipinski definition) is 1. The van der Waals surface area contributed by atoms with Crippen LogP contribution in [0.15, 0.2) is 30.3 Å². The van der Waals surface area contributed by atoms with E-state index in [0.29, 0.717) is 32.4 Å². The van der Waals surface area contributed by atoms with Crippen LogP contribution in [-0.4, -0.2) is 83.3 Å². The van der Waals surface area contributed by atoms with Crippen molar-refractivity contribution in [2.45, 2.75) is 77.4 Å². The maximum atomic E-state index is 13.9. The van der Waals surface area contributed by atoms with E-state index in [-0.39, 0.29) is 47.1 Å². The Bertz CT molecular complexity index is 947. The molecule has 0 bridgehead atoms. The van der Waals surface area contributed by atoms with Crippen molar-refractivity contribution >= 4 is 17.7 Å². The van der Waals surface area contributed by atoms with Gasteiger partial charge < -0.3 is 10.2 Å². The number of imide groups is 1. The molecular formula is C28H42N4O3. The first kappa shape index (κ1) is 25.8. The summed E-state index contributed by atoms with van der Waals surface area (Å²) in [6.45, 7) is 13.2. The predicted octanol–water partition coefficient (Wildman–Crippen LogP) is 3.50. The van der Waals surface area contributed by atoms with Gasteiger partial charge in [-0.2, -0.15) is 0 Å². The molecule has 3 aliphatic rings. The highest BCUT2D eigenvalue weighted by Gasteiger charge is 2.58. The van der Waals surface area contributed by atoms with Crippen LogP contribution in [0.25, 0.3) is 0 Å². The number of carbonyl (C=O) groups is 3. The summed E-state index contributed by atoms with van der Waals surface area (Å²) in [5.41, 5.74) is 0.390. The lowest BCUT2D eigenvalue weighted by Crippen LogP contribution is -2.61. The molecule has 7 nitrogen and oxygen atoms in total. The molecule has 3 amide bonds. The number of likely N-dealkylation sites (tertiary alicyclic amines) is 1. The fourth-order valence-corrected chi connectivity index (χ4v) is 6.63. The number of benzene rings is 1. The highest BCUT2D eigenvalue weighted by atomic mass is 16.2. The van der Waals surface area contributed by atoms with Crippen LogP contribution in [0.4, 0.5) is 4.79 Å². The van der Waals surface area contributed by atoms with E-state index in [1.807, 2.05) is 19.9 Å². The SMILES string of the molecule is CC(C)N1C(=O)N(C)C(=O)C12CCN(C(C(=O)CC(C)(C)C)C1CNCC1c1ccccc1)CC2. The molecule has 3 saturated heterocycles. The van der Waals surface area contributed by atoms with Crippen molar-refractivity contribution in [2.24, 2.45) is 11.3 Å². The molecule has 192 valence electrons. The average Bonchev–Trinajstić information content (AvgIpc) is 3.33. The van der Waals surface area contributed by atoms with E-state index in [0.717, 1.165) is 13.1 Å². The number of urea groups is 1. The van der Waals surface area contributed by atoms with E-state index < -0.39 is 5.54 Å². The van der Waals surface area contributed by atoms with Gasteiger partial charge in [-0.15, -0.1) is 0 Å². The number of piperidine rings is 1. The van der Waals surface area contributed by atoms with E-state index >= 15 is 0 Å². The molecule has 1 aromatic carbocycles. The summed E-state index contributed by atoms with van der Waals surface area (Å²) in [5.74, 6) is 0.632. The Morgan fingerprint density at radius 1 is 1.09 bits per heavy atom. The van der Waals surface area contributed by atoms with Crippen molar-refractivity contribution in [3.63, 3.8) is 0 Å². The molecule has 0 saturated carbocycles. The zero-order chi connectivity index (χ0) is 25.5. The van der Waals surface area contributed by atoms with Gasteiger partial charge in [0.15, 0.2) is 5.78 Å². The van der Waals surface area contributed by atoms with Crippen molar-refractivity contribution in [1.82, 2.24) is 20.0 Å². The van der Waals surface area contributed by atoms with Crippen LogP contribution in [0.3, 0.4) is 0 Å². The third-order valence-electron chi connectivity index (χ3n) is 8.12. The van der Waals surface area contributed by atoms with Crippen molar-refractivity contribution in [3.05, 3.63) is 35.9 Å². The smallest absolute Gasteiger partial charge is 0.316 e. The molecule has 3 aliphatic heterocycles. The second-order valence-corrected chi connectivity index (χ2v) is 12.2. The maximum Gasteiger partial charge on any atom is 0.327 e. The van der Waals surface area contributed by atoms with Gasteiger partial charge in [0, 0.05) is 57.5 Å². The highest BCUT2D eigenvalue weighted by molar-refractivity contribution is 6.07. The molecule has 1 N–H and O–H groups in total. The Morgan fingerprint density at radius 3 is 2.29 bits per heavy atom. The number of Topliss-reactive ketones (excluding diaryl/α,β-unsaturated/α-hetero) is 1. The standard InChI is InChI=1S/C28H42N4O3/c1-19(2)32-26(35)30(6)25(34)28(32)12-14-31(15-13-28)24(23(33)16-27(3,4)5)22-18-29-17-21(22)20-10-8-7-9-11-20/h7-11,19,21-22,24,29H,12-18H2,1-6H3. The van der Waals surface area contributed by atoms with Gasteiger partial charge in [-0.1, -0.05) is 51.1 Å². The van der Waals surface area contributed by atoms with Gasteiger partial charge in [0.25, 0.3) is 5.91 Å². The monoisotopic (exact) mass is 482 g/mol. The summed E-state index contributed by atoms with van der Waals surface area (Å²) in [4.78, 5) is 45.4. The first-order chi connectivity index (χ1) is 16.5. The van der Waals surface area contributed by atoms with Crippen LogP contribution >= 0.6 is 0 Å². The number of rotatable bonds is 6. The lowest BCUT2D eigenvalue weighted by molar-refractivity contribution is -0.137. The number of likely N-dealkylation sites (N-methyl/N-ethyl adjacent to an activating group) is 1. The number of hydrogen-bond acceptors (Lipinski definition) is 5. The van der Waals surface area contributed by atoms with E-state index in [1.165, 1.54) is 10.5 Å². The van der Waals surface area contributed by atoms with Gasteiger partial charge in [0.05, 0.1) is 6.04 Å². The minimum Gasteiger partial charge on any atom is -0.316 e. The number of ketones is 1. The Balaban J connectivity index is 1.61. The lowest BCUT2D eigenvalue weighted by Gasteiger charge is -2.47. The number of amides is 3. The zero-order valence-corrected chi connectivity index (χ0v) is 22.2. The van der Waals surface area contributed by atoms with E-state index in [2.05, 4.69) is 55.3 Å². The predicted molar refractivity (Wildman–Crippen MR) is 137 cm³/mol. The summed E-state index contributed by atoms with van der Waals surface area (Å²) in [5, 5.41) is 3.55. The quantitative estimate of drug-likeness (QED) is 0.629. The minimum atomic E-state index is -0.791. The van der Waals surface area contributed by atoms with Gasteiger partial charge >= 0.3 is 6.03 Å². The third-order valence-corrected chi connectivity index (χ3v) is 8.12. The topological polar surface area (TPSA) is 73.0 Å². The third kappa shape index (κ3) is 4.77. The molecule has 1 aromatic rings. The van der Waals surface area contributed by atoms with Gasteiger partial charge in [-0.3, -0.25) is 19.4 Å². The fraction of sp³-hybridized carbons (Fsp3) is 0.679. The van der Waals surface area contributed by atoms with Crippen LogP contribution in [0, 0.1) is 11.3 Å². The van der Waals surface area contributed by atoms with Gasteiger partial charge in [0.2, 0.25) is 0 Å². The van der Waals surface area contributed by atoms with E-state index in [1.54, 1.807) is 11.9 Å². The first-order valence-corrected chi connectivity index (χ1v) is 13.1. The lowest BCUT2D eigenvalue weighted by atomic mass is 9.76. The average molecular weight is 483 g/mol. The Labute approximate surface area is 210 Å². The molecule has 35 heavy (non-hydrogen) atoms. The maximum absolute atomic E-state index is 13.9. The molecule has 4 rings (SSSR count). The van der Waals surface area contributed by atoms with Crippen LogP contribution in [-0.2, 0) is 9.59 Å². The van der Waals surface area contributed by atoms with Gasteiger partial charge in [0.1, 0.15) is 5.54 Å².